The van der Waals surface area contributed by atoms with Gasteiger partial charge in [0.05, 0.1) is 6.04 Å². The second kappa shape index (κ2) is 3.99. The van der Waals surface area contributed by atoms with Gasteiger partial charge in [-0.2, -0.15) is 10.1 Å². The summed E-state index contributed by atoms with van der Waals surface area (Å²) in [7, 11) is 1.69. The second-order valence-electron chi connectivity index (χ2n) is 2.71. The highest BCUT2D eigenvalue weighted by molar-refractivity contribution is 5.93. The topological polar surface area (TPSA) is 85.8 Å². The van der Waals surface area contributed by atoms with Gasteiger partial charge in [0.1, 0.15) is 6.33 Å². The monoisotopic (exact) mass is 183 g/mol. The van der Waals surface area contributed by atoms with Crippen molar-refractivity contribution >= 4 is 11.9 Å². The zero-order chi connectivity index (χ0) is 9.84. The van der Waals surface area contributed by atoms with Crippen molar-refractivity contribution in [1.29, 1.82) is 0 Å². The lowest BCUT2D eigenvalue weighted by Crippen LogP contribution is -2.35. The summed E-state index contributed by atoms with van der Waals surface area (Å²) in [5, 5.41) is 6.37. The molecule has 0 aliphatic carbocycles. The molecule has 1 atom stereocenters. The number of carbonyl (C=O) groups excluding carboxylic acids is 1. The number of anilines is 1. The number of nitrogens with two attached hydrogens (primary N) is 1. The molecule has 6 heteroatoms. The summed E-state index contributed by atoms with van der Waals surface area (Å²) in [6.45, 7) is 1.85. The van der Waals surface area contributed by atoms with E-state index in [1.54, 1.807) is 7.05 Å². The first-order chi connectivity index (χ1) is 6.15. The van der Waals surface area contributed by atoms with Crippen LogP contribution in [0.4, 0.5) is 5.95 Å². The van der Waals surface area contributed by atoms with Gasteiger partial charge in [-0.1, -0.05) is 6.92 Å². The normalized spacial score (nSPS) is 12.5. The van der Waals surface area contributed by atoms with E-state index in [2.05, 4.69) is 15.4 Å². The van der Waals surface area contributed by atoms with Crippen LogP contribution in [0.2, 0.25) is 0 Å². The van der Waals surface area contributed by atoms with Gasteiger partial charge in [0, 0.05) is 7.05 Å². The highest BCUT2D eigenvalue weighted by Crippen LogP contribution is 1.99. The van der Waals surface area contributed by atoms with Crippen molar-refractivity contribution in [3.8, 4) is 0 Å². The number of hydrogen-bond acceptors (Lipinski definition) is 4. The summed E-state index contributed by atoms with van der Waals surface area (Å²) in [4.78, 5) is 15.1. The molecule has 0 bridgehead atoms. The first kappa shape index (κ1) is 9.66. The molecular formula is C7H13N5O. The van der Waals surface area contributed by atoms with Crippen LogP contribution in [0.25, 0.3) is 0 Å². The van der Waals surface area contributed by atoms with Gasteiger partial charge in [0.2, 0.25) is 11.9 Å². The van der Waals surface area contributed by atoms with Crippen LogP contribution < -0.4 is 11.1 Å². The average Bonchev–Trinajstić information content (AvgIpc) is 2.50. The third-order valence-corrected chi connectivity index (χ3v) is 1.72. The molecule has 1 rings (SSSR count). The largest absolute Gasteiger partial charge is 0.320 e. The maximum atomic E-state index is 11.3. The van der Waals surface area contributed by atoms with Crippen molar-refractivity contribution in [2.75, 3.05) is 5.32 Å². The van der Waals surface area contributed by atoms with Gasteiger partial charge in [-0.3, -0.25) is 10.1 Å². The Bertz CT molecular complexity index is 295. The van der Waals surface area contributed by atoms with E-state index in [0.717, 1.165) is 0 Å². The maximum absolute atomic E-state index is 11.3. The van der Waals surface area contributed by atoms with Crippen LogP contribution in [0.3, 0.4) is 0 Å². The fourth-order valence-electron chi connectivity index (χ4n) is 0.798. The molecule has 1 unspecified atom stereocenters. The molecule has 0 aromatic carbocycles. The highest BCUT2D eigenvalue weighted by Gasteiger charge is 2.12. The number of rotatable bonds is 3. The summed E-state index contributed by atoms with van der Waals surface area (Å²) in [5.41, 5.74) is 5.51. The zero-order valence-electron chi connectivity index (χ0n) is 7.69. The quantitative estimate of drug-likeness (QED) is 0.661. The molecule has 0 radical (unpaired) electrons. The standard InChI is InChI=1S/C7H13N5O/c1-3-5(8)6(13)11-7-9-4-10-12(7)2/h4-5H,3,8H2,1-2H3,(H,9,10,11,13). The minimum absolute atomic E-state index is 0.237. The molecule has 1 aromatic rings. The molecule has 0 saturated heterocycles. The van der Waals surface area contributed by atoms with Crippen molar-refractivity contribution < 1.29 is 4.79 Å². The van der Waals surface area contributed by atoms with E-state index in [-0.39, 0.29) is 5.91 Å². The van der Waals surface area contributed by atoms with Gasteiger partial charge in [-0.05, 0) is 6.42 Å². The lowest BCUT2D eigenvalue weighted by atomic mass is 10.2. The molecule has 6 nitrogen and oxygen atoms in total. The predicted octanol–water partition coefficient (Wildman–Crippen LogP) is -0.509. The van der Waals surface area contributed by atoms with Crippen molar-refractivity contribution in [2.24, 2.45) is 12.8 Å². The smallest absolute Gasteiger partial charge is 0.243 e. The molecule has 0 spiro atoms. The fourth-order valence-corrected chi connectivity index (χ4v) is 0.798. The van der Waals surface area contributed by atoms with Crippen molar-refractivity contribution in [3.05, 3.63) is 6.33 Å². The number of aryl methyl sites for hydroxylation is 1. The molecule has 0 saturated carbocycles. The van der Waals surface area contributed by atoms with Gasteiger partial charge in [-0.15, -0.1) is 0 Å². The summed E-state index contributed by atoms with van der Waals surface area (Å²) >= 11 is 0. The molecule has 1 amide bonds. The lowest BCUT2D eigenvalue weighted by Gasteiger charge is -2.08. The van der Waals surface area contributed by atoms with E-state index in [1.807, 2.05) is 6.92 Å². The molecule has 0 aliphatic heterocycles. The van der Waals surface area contributed by atoms with Crippen LogP contribution >= 0.6 is 0 Å². The maximum Gasteiger partial charge on any atom is 0.243 e. The third kappa shape index (κ3) is 2.25. The van der Waals surface area contributed by atoms with Gasteiger partial charge >= 0.3 is 0 Å². The Labute approximate surface area is 76.1 Å². The van der Waals surface area contributed by atoms with Crippen molar-refractivity contribution in [1.82, 2.24) is 14.8 Å². The van der Waals surface area contributed by atoms with Crippen molar-refractivity contribution in [3.63, 3.8) is 0 Å². The Morgan fingerprint density at radius 2 is 2.54 bits per heavy atom. The average molecular weight is 183 g/mol. The Morgan fingerprint density at radius 3 is 3.00 bits per heavy atom. The number of amides is 1. The number of aromatic nitrogens is 3. The Kier molecular flexibility index (Phi) is 2.97. The molecule has 1 heterocycles. The van der Waals surface area contributed by atoms with Crippen molar-refractivity contribution in [2.45, 2.75) is 19.4 Å². The second-order valence-corrected chi connectivity index (χ2v) is 2.71. The van der Waals surface area contributed by atoms with Gasteiger partial charge < -0.3 is 5.73 Å². The van der Waals surface area contributed by atoms with Crippen LogP contribution in [-0.2, 0) is 11.8 Å². The van der Waals surface area contributed by atoms with Gasteiger partial charge in [0.15, 0.2) is 0 Å². The number of nitrogens with one attached hydrogen (secondary N) is 1. The molecule has 1 aromatic heterocycles. The summed E-state index contributed by atoms with van der Waals surface area (Å²) < 4.78 is 1.47. The SMILES string of the molecule is CCC(N)C(=O)Nc1ncnn1C. The van der Waals surface area contributed by atoms with E-state index in [9.17, 15) is 4.79 Å². The van der Waals surface area contributed by atoms with E-state index in [0.29, 0.717) is 12.4 Å². The van der Waals surface area contributed by atoms with Gasteiger partial charge in [-0.25, -0.2) is 4.68 Å². The van der Waals surface area contributed by atoms with E-state index in [1.165, 1.54) is 11.0 Å². The predicted molar refractivity (Wildman–Crippen MR) is 47.9 cm³/mol. The highest BCUT2D eigenvalue weighted by atomic mass is 16.2. The summed E-state index contributed by atoms with van der Waals surface area (Å²) in [6.07, 6.45) is 1.97. The molecule has 72 valence electrons. The molecule has 13 heavy (non-hydrogen) atoms. The number of carbonyl (C=O) groups is 1. The Hall–Kier alpha value is -1.43. The van der Waals surface area contributed by atoms with Crippen LogP contribution in [0, 0.1) is 0 Å². The molecule has 0 aliphatic rings. The first-order valence-corrected chi connectivity index (χ1v) is 4.05. The number of hydrogen-bond donors (Lipinski definition) is 2. The minimum atomic E-state index is -0.489. The van der Waals surface area contributed by atoms with Crippen LogP contribution in [0.15, 0.2) is 6.33 Å². The van der Waals surface area contributed by atoms with E-state index >= 15 is 0 Å². The number of nitrogens with zero attached hydrogens (tertiary/aromatic N) is 3. The summed E-state index contributed by atoms with van der Waals surface area (Å²) in [5.74, 6) is 0.174. The zero-order valence-corrected chi connectivity index (χ0v) is 7.69. The van der Waals surface area contributed by atoms with Crippen LogP contribution in [0.1, 0.15) is 13.3 Å². The van der Waals surface area contributed by atoms with E-state index in [4.69, 9.17) is 5.73 Å². The van der Waals surface area contributed by atoms with E-state index < -0.39 is 6.04 Å². The van der Waals surface area contributed by atoms with Gasteiger partial charge in [0.25, 0.3) is 0 Å². The molecule has 0 fully saturated rings. The molecule has 3 N–H and O–H groups in total. The minimum Gasteiger partial charge on any atom is -0.320 e. The Morgan fingerprint density at radius 1 is 1.85 bits per heavy atom. The first-order valence-electron chi connectivity index (χ1n) is 4.05. The summed E-state index contributed by atoms with van der Waals surface area (Å²) in [6, 6.07) is -0.489. The lowest BCUT2D eigenvalue weighted by molar-refractivity contribution is -0.117. The third-order valence-electron chi connectivity index (χ3n) is 1.72. The fraction of sp³-hybridized carbons (Fsp3) is 0.571. The van der Waals surface area contributed by atoms with Crippen LogP contribution in [-0.4, -0.2) is 26.7 Å². The Balaban J connectivity index is 2.60. The van der Waals surface area contributed by atoms with Crippen LogP contribution in [0.5, 0.6) is 0 Å². The molecular weight excluding hydrogens is 170 g/mol.